The molecule has 146 valence electrons. The maximum atomic E-state index is 12.3. The highest BCUT2D eigenvalue weighted by molar-refractivity contribution is 7.94. The summed E-state index contributed by atoms with van der Waals surface area (Å²) in [5, 5.41) is 4.56. The van der Waals surface area contributed by atoms with E-state index in [1.54, 1.807) is 42.8 Å². The van der Waals surface area contributed by atoms with Crippen LogP contribution in [0.4, 0.5) is 5.69 Å². The molecule has 0 aliphatic heterocycles. The highest BCUT2D eigenvalue weighted by Crippen LogP contribution is 2.20. The van der Waals surface area contributed by atoms with E-state index >= 15 is 0 Å². The zero-order chi connectivity index (χ0) is 20.0. The Morgan fingerprint density at radius 1 is 1.04 bits per heavy atom. The number of ether oxygens (including phenoxy) is 1. The Hall–Kier alpha value is -2.84. The topological polar surface area (TPSA) is 84.5 Å². The Kier molecular flexibility index (Phi) is 6.33. The molecule has 2 N–H and O–H groups in total. The summed E-state index contributed by atoms with van der Waals surface area (Å²) >= 11 is 1.14. The second-order valence-corrected chi connectivity index (χ2v) is 8.83. The van der Waals surface area contributed by atoms with Crippen molar-refractivity contribution in [3.63, 3.8) is 0 Å². The number of carbonyl (C=O) groups excluding carboxylic acids is 1. The minimum Gasteiger partial charge on any atom is -0.497 e. The zero-order valence-electron chi connectivity index (χ0n) is 15.2. The molecule has 0 saturated heterocycles. The second-order valence-electron chi connectivity index (χ2n) is 5.97. The van der Waals surface area contributed by atoms with Gasteiger partial charge in [0.05, 0.1) is 7.11 Å². The molecule has 6 nitrogen and oxygen atoms in total. The Morgan fingerprint density at radius 2 is 1.75 bits per heavy atom. The molecule has 0 fully saturated rings. The Balaban J connectivity index is 1.53. The van der Waals surface area contributed by atoms with Crippen LogP contribution in [0.2, 0.25) is 0 Å². The molecular weight excluding hydrogens is 396 g/mol. The lowest BCUT2D eigenvalue weighted by Gasteiger charge is -2.08. The van der Waals surface area contributed by atoms with E-state index in [0.29, 0.717) is 24.2 Å². The van der Waals surface area contributed by atoms with Gasteiger partial charge >= 0.3 is 0 Å². The van der Waals surface area contributed by atoms with E-state index in [4.69, 9.17) is 4.74 Å². The number of nitrogens with one attached hydrogen (secondary N) is 2. The Labute approximate surface area is 168 Å². The van der Waals surface area contributed by atoms with E-state index in [1.165, 1.54) is 6.07 Å². The lowest BCUT2D eigenvalue weighted by molar-refractivity contribution is 0.0954. The van der Waals surface area contributed by atoms with Gasteiger partial charge in [0.1, 0.15) is 9.96 Å². The second kappa shape index (κ2) is 8.90. The maximum Gasteiger partial charge on any atom is 0.271 e. The van der Waals surface area contributed by atoms with Crippen molar-refractivity contribution in [2.45, 2.75) is 10.6 Å². The molecule has 0 spiro atoms. The van der Waals surface area contributed by atoms with E-state index in [0.717, 1.165) is 22.6 Å². The van der Waals surface area contributed by atoms with Gasteiger partial charge in [-0.15, -0.1) is 11.3 Å². The molecule has 2 aromatic carbocycles. The number of methoxy groups -OCH3 is 1. The molecule has 28 heavy (non-hydrogen) atoms. The summed E-state index contributed by atoms with van der Waals surface area (Å²) in [6.07, 6.45) is 0.703. The highest BCUT2D eigenvalue weighted by Gasteiger charge is 2.15. The van der Waals surface area contributed by atoms with Crippen molar-refractivity contribution in [3.05, 3.63) is 77.2 Å². The van der Waals surface area contributed by atoms with Gasteiger partial charge in [0.25, 0.3) is 15.9 Å². The van der Waals surface area contributed by atoms with Crippen molar-refractivity contribution in [3.8, 4) is 5.75 Å². The van der Waals surface area contributed by atoms with E-state index in [1.807, 2.05) is 24.3 Å². The van der Waals surface area contributed by atoms with Crippen LogP contribution in [-0.2, 0) is 16.4 Å². The normalized spacial score (nSPS) is 11.0. The van der Waals surface area contributed by atoms with Crippen LogP contribution in [0.3, 0.4) is 0 Å². The maximum absolute atomic E-state index is 12.3. The van der Waals surface area contributed by atoms with Crippen molar-refractivity contribution in [2.24, 2.45) is 0 Å². The summed E-state index contributed by atoms with van der Waals surface area (Å²) in [4.78, 5) is 12.3. The molecule has 0 saturated carbocycles. The molecule has 1 aromatic heterocycles. The molecule has 8 heteroatoms. The van der Waals surface area contributed by atoms with Gasteiger partial charge in [-0.05, 0) is 59.8 Å². The number of benzene rings is 2. The summed E-state index contributed by atoms with van der Waals surface area (Å²) in [6, 6.07) is 17.2. The zero-order valence-corrected chi connectivity index (χ0v) is 16.8. The van der Waals surface area contributed by atoms with Crippen LogP contribution in [0.25, 0.3) is 0 Å². The minimum atomic E-state index is -3.59. The standard InChI is InChI=1S/C20H20N2O4S2/c1-26-18-10-4-15(5-11-18)12-13-21-20(23)16-6-8-17(9-7-16)22-28(24,25)19-3-2-14-27-19/h2-11,14,22H,12-13H2,1H3,(H,21,23). The van der Waals surface area contributed by atoms with E-state index in [2.05, 4.69) is 10.0 Å². The van der Waals surface area contributed by atoms with E-state index < -0.39 is 10.0 Å². The number of rotatable bonds is 8. The number of thiophene rings is 1. The Bertz CT molecular complexity index is 1010. The van der Waals surface area contributed by atoms with Crippen LogP contribution < -0.4 is 14.8 Å². The average molecular weight is 417 g/mol. The van der Waals surface area contributed by atoms with Crippen LogP contribution in [0.15, 0.2) is 70.3 Å². The van der Waals surface area contributed by atoms with Gasteiger partial charge in [-0.1, -0.05) is 18.2 Å². The quantitative estimate of drug-likeness (QED) is 0.588. The first-order valence-corrected chi connectivity index (χ1v) is 10.9. The van der Waals surface area contributed by atoms with Crippen LogP contribution in [0.5, 0.6) is 5.75 Å². The van der Waals surface area contributed by atoms with Gasteiger partial charge in [0.15, 0.2) is 0 Å². The van der Waals surface area contributed by atoms with Gasteiger partial charge in [0, 0.05) is 17.8 Å². The molecule has 0 radical (unpaired) electrons. The SMILES string of the molecule is COc1ccc(CCNC(=O)c2ccc(NS(=O)(=O)c3cccs3)cc2)cc1. The first-order chi connectivity index (χ1) is 13.5. The number of anilines is 1. The van der Waals surface area contributed by atoms with Gasteiger partial charge in [-0.3, -0.25) is 9.52 Å². The molecule has 1 heterocycles. The van der Waals surface area contributed by atoms with Gasteiger partial charge in [0.2, 0.25) is 0 Å². The lowest BCUT2D eigenvalue weighted by Crippen LogP contribution is -2.25. The molecular formula is C20H20N2O4S2. The first kappa shape index (κ1) is 19.9. The summed E-state index contributed by atoms with van der Waals surface area (Å²) < 4.78 is 32.3. The lowest BCUT2D eigenvalue weighted by atomic mass is 10.1. The first-order valence-electron chi connectivity index (χ1n) is 8.55. The molecule has 0 aliphatic rings. The highest BCUT2D eigenvalue weighted by atomic mass is 32.2. The summed E-state index contributed by atoms with van der Waals surface area (Å²) in [7, 11) is -1.98. The molecule has 3 aromatic rings. The predicted molar refractivity (Wildman–Crippen MR) is 111 cm³/mol. The van der Waals surface area contributed by atoms with Crippen molar-refractivity contribution in [1.82, 2.24) is 5.32 Å². The van der Waals surface area contributed by atoms with Gasteiger partial charge < -0.3 is 10.1 Å². The van der Waals surface area contributed by atoms with Crippen LogP contribution in [0, 0.1) is 0 Å². The van der Waals surface area contributed by atoms with Crippen molar-refractivity contribution in [2.75, 3.05) is 18.4 Å². The largest absolute Gasteiger partial charge is 0.497 e. The predicted octanol–water partition coefficient (Wildman–Crippen LogP) is 3.53. The molecule has 0 atom stereocenters. The van der Waals surface area contributed by atoms with Crippen molar-refractivity contribution >= 4 is 33.0 Å². The fraction of sp³-hybridized carbons (Fsp3) is 0.150. The summed E-state index contributed by atoms with van der Waals surface area (Å²) in [5.74, 6) is 0.587. The third kappa shape index (κ3) is 5.11. The van der Waals surface area contributed by atoms with Crippen molar-refractivity contribution in [1.29, 1.82) is 0 Å². The third-order valence-electron chi connectivity index (χ3n) is 4.02. The van der Waals surface area contributed by atoms with E-state index in [-0.39, 0.29) is 10.1 Å². The molecule has 0 aliphatic carbocycles. The molecule has 0 unspecified atom stereocenters. The molecule has 3 rings (SSSR count). The number of hydrogen-bond acceptors (Lipinski definition) is 5. The van der Waals surface area contributed by atoms with Crippen LogP contribution in [-0.4, -0.2) is 28.0 Å². The van der Waals surface area contributed by atoms with E-state index in [9.17, 15) is 13.2 Å². The monoisotopic (exact) mass is 416 g/mol. The van der Waals surface area contributed by atoms with Gasteiger partial charge in [-0.25, -0.2) is 8.42 Å². The summed E-state index contributed by atoms with van der Waals surface area (Å²) in [5.41, 5.74) is 1.97. The number of sulfonamides is 1. The number of amides is 1. The van der Waals surface area contributed by atoms with Crippen molar-refractivity contribution < 1.29 is 17.9 Å². The average Bonchev–Trinajstić information content (AvgIpc) is 3.25. The van der Waals surface area contributed by atoms with Crippen LogP contribution in [0.1, 0.15) is 15.9 Å². The summed E-state index contributed by atoms with van der Waals surface area (Å²) in [6.45, 7) is 0.498. The molecule has 1 amide bonds. The number of carbonyl (C=O) groups is 1. The third-order valence-corrected chi connectivity index (χ3v) is 6.80. The Morgan fingerprint density at radius 3 is 2.36 bits per heavy atom. The fourth-order valence-corrected chi connectivity index (χ4v) is 4.58. The fourth-order valence-electron chi connectivity index (χ4n) is 2.53. The van der Waals surface area contributed by atoms with Crippen LogP contribution >= 0.6 is 11.3 Å². The van der Waals surface area contributed by atoms with Gasteiger partial charge in [-0.2, -0.15) is 0 Å². The minimum absolute atomic E-state index is 0.207. The smallest absolute Gasteiger partial charge is 0.271 e. The molecule has 0 bridgehead atoms. The number of hydrogen-bond donors (Lipinski definition) is 2.